The van der Waals surface area contributed by atoms with Crippen LogP contribution in [0.25, 0.3) is 10.1 Å². The first-order valence-corrected chi connectivity index (χ1v) is 5.42. The van der Waals surface area contributed by atoms with E-state index >= 15 is 0 Å². The zero-order valence-electron chi connectivity index (χ0n) is 6.97. The van der Waals surface area contributed by atoms with Crippen LogP contribution in [0.4, 0.5) is 0 Å². The molecule has 64 valence electrons. The molecule has 1 nitrogen and oxygen atoms in total. The Labute approximate surface area is 88.7 Å². The van der Waals surface area contributed by atoms with Crippen molar-refractivity contribution in [1.82, 2.24) is 0 Å². The fourth-order valence-electron chi connectivity index (χ4n) is 1.30. The molecule has 2 aromatic rings. The quantitative estimate of drug-likeness (QED) is 0.698. The van der Waals surface area contributed by atoms with Crippen molar-refractivity contribution < 1.29 is 0 Å². The Morgan fingerprint density at radius 2 is 2.23 bits per heavy atom. The van der Waals surface area contributed by atoms with Crippen molar-refractivity contribution in [3.63, 3.8) is 0 Å². The summed E-state index contributed by atoms with van der Waals surface area (Å²) >= 11 is 5.18. The van der Waals surface area contributed by atoms with Crippen molar-refractivity contribution in [1.29, 1.82) is 5.26 Å². The van der Waals surface area contributed by atoms with Crippen molar-refractivity contribution in [2.45, 2.75) is 6.92 Å². The minimum Gasteiger partial charge on any atom is -0.192 e. The molecule has 0 atom stereocenters. The van der Waals surface area contributed by atoms with Gasteiger partial charge in [-0.2, -0.15) is 5.26 Å². The van der Waals surface area contributed by atoms with Gasteiger partial charge in [0.15, 0.2) is 0 Å². The number of rotatable bonds is 0. The van der Waals surface area contributed by atoms with Gasteiger partial charge in [-0.05, 0) is 28.9 Å². The SMILES string of the molecule is Cc1sc2c(C#N)cccc2c1Br. The number of hydrogen-bond acceptors (Lipinski definition) is 2. The Morgan fingerprint density at radius 3 is 2.92 bits per heavy atom. The van der Waals surface area contributed by atoms with E-state index in [1.807, 2.05) is 18.2 Å². The molecule has 0 aliphatic carbocycles. The van der Waals surface area contributed by atoms with Crippen molar-refractivity contribution >= 4 is 37.4 Å². The van der Waals surface area contributed by atoms with E-state index in [0.717, 1.165) is 20.1 Å². The van der Waals surface area contributed by atoms with Crippen LogP contribution in [-0.2, 0) is 0 Å². The van der Waals surface area contributed by atoms with E-state index in [1.54, 1.807) is 11.3 Å². The second-order valence-electron chi connectivity index (χ2n) is 2.77. The summed E-state index contributed by atoms with van der Waals surface area (Å²) in [6.45, 7) is 2.05. The summed E-state index contributed by atoms with van der Waals surface area (Å²) in [5.41, 5.74) is 0.760. The van der Waals surface area contributed by atoms with E-state index < -0.39 is 0 Å². The largest absolute Gasteiger partial charge is 0.192 e. The molecule has 0 aliphatic rings. The molecule has 1 heterocycles. The van der Waals surface area contributed by atoms with Crippen LogP contribution in [0.3, 0.4) is 0 Å². The summed E-state index contributed by atoms with van der Waals surface area (Å²) in [6.07, 6.45) is 0. The van der Waals surface area contributed by atoms with Gasteiger partial charge in [-0.3, -0.25) is 0 Å². The lowest BCUT2D eigenvalue weighted by Crippen LogP contribution is -1.72. The van der Waals surface area contributed by atoms with Crippen molar-refractivity contribution in [2.75, 3.05) is 0 Å². The third kappa shape index (κ3) is 1.27. The first-order chi connectivity index (χ1) is 6.24. The number of halogens is 1. The average molecular weight is 252 g/mol. The monoisotopic (exact) mass is 251 g/mol. The van der Waals surface area contributed by atoms with Gasteiger partial charge in [0.05, 0.1) is 10.3 Å². The van der Waals surface area contributed by atoms with Gasteiger partial charge in [0.1, 0.15) is 6.07 Å². The Balaban J connectivity index is 2.95. The van der Waals surface area contributed by atoms with Gasteiger partial charge in [-0.1, -0.05) is 12.1 Å². The van der Waals surface area contributed by atoms with Crippen LogP contribution in [-0.4, -0.2) is 0 Å². The lowest BCUT2D eigenvalue weighted by molar-refractivity contribution is 1.51. The standard InChI is InChI=1S/C10H6BrNS/c1-6-9(11)8-4-2-3-7(5-12)10(8)13-6/h2-4H,1H3. The van der Waals surface area contributed by atoms with Gasteiger partial charge in [0.25, 0.3) is 0 Å². The molecule has 1 aromatic heterocycles. The maximum Gasteiger partial charge on any atom is 0.101 e. The first-order valence-electron chi connectivity index (χ1n) is 3.81. The highest BCUT2D eigenvalue weighted by Crippen LogP contribution is 2.36. The fourth-order valence-corrected chi connectivity index (χ4v) is 3.01. The first kappa shape index (κ1) is 8.74. The summed E-state index contributed by atoms with van der Waals surface area (Å²) < 4.78 is 2.19. The molecule has 0 fully saturated rings. The summed E-state index contributed by atoms with van der Waals surface area (Å²) in [4.78, 5) is 1.22. The van der Waals surface area contributed by atoms with Crippen LogP contribution in [0.5, 0.6) is 0 Å². The van der Waals surface area contributed by atoms with Gasteiger partial charge < -0.3 is 0 Å². The molecule has 0 N–H and O–H groups in total. The summed E-state index contributed by atoms with van der Waals surface area (Å²) in [6, 6.07) is 8.00. The number of nitrogens with zero attached hydrogens (tertiary/aromatic N) is 1. The lowest BCUT2D eigenvalue weighted by atomic mass is 10.2. The average Bonchev–Trinajstić information content (AvgIpc) is 2.43. The second kappa shape index (κ2) is 3.13. The molecule has 0 spiro atoms. The third-order valence-corrected chi connectivity index (χ3v) is 4.37. The number of thiophene rings is 1. The van der Waals surface area contributed by atoms with E-state index in [9.17, 15) is 0 Å². The van der Waals surface area contributed by atoms with Crippen molar-refractivity contribution in [2.24, 2.45) is 0 Å². The molecular formula is C10H6BrNS. The van der Waals surface area contributed by atoms with Gasteiger partial charge in [0, 0.05) is 14.7 Å². The molecule has 0 radical (unpaired) electrons. The Morgan fingerprint density at radius 1 is 1.46 bits per heavy atom. The number of fused-ring (bicyclic) bond motifs is 1. The maximum absolute atomic E-state index is 8.88. The van der Waals surface area contributed by atoms with Gasteiger partial charge in [-0.25, -0.2) is 0 Å². The number of benzene rings is 1. The van der Waals surface area contributed by atoms with Crippen LogP contribution in [0.15, 0.2) is 22.7 Å². The predicted octanol–water partition coefficient (Wildman–Crippen LogP) is 3.84. The zero-order chi connectivity index (χ0) is 9.42. The molecule has 0 bridgehead atoms. The van der Waals surface area contributed by atoms with Crippen LogP contribution >= 0.6 is 27.3 Å². The summed E-state index contributed by atoms with van der Waals surface area (Å²) in [5.74, 6) is 0. The minimum absolute atomic E-state index is 0.760. The summed E-state index contributed by atoms with van der Waals surface area (Å²) in [5, 5.41) is 10.0. The fraction of sp³-hybridized carbons (Fsp3) is 0.100. The van der Waals surface area contributed by atoms with Crippen LogP contribution in [0, 0.1) is 18.3 Å². The van der Waals surface area contributed by atoms with Crippen molar-refractivity contribution in [3.05, 3.63) is 33.1 Å². The molecule has 0 saturated heterocycles. The minimum atomic E-state index is 0.760. The molecule has 0 unspecified atom stereocenters. The maximum atomic E-state index is 8.88. The lowest BCUT2D eigenvalue weighted by Gasteiger charge is -1.91. The molecule has 0 saturated carbocycles. The van der Waals surface area contributed by atoms with E-state index in [1.165, 1.54) is 4.88 Å². The van der Waals surface area contributed by atoms with Gasteiger partial charge >= 0.3 is 0 Å². The Bertz CT molecular complexity index is 507. The van der Waals surface area contributed by atoms with Crippen molar-refractivity contribution in [3.8, 4) is 6.07 Å². The molecule has 13 heavy (non-hydrogen) atoms. The van der Waals surface area contributed by atoms with E-state index in [0.29, 0.717) is 0 Å². The van der Waals surface area contributed by atoms with Crippen LogP contribution in [0.1, 0.15) is 10.4 Å². The molecule has 0 amide bonds. The number of aryl methyl sites for hydroxylation is 1. The normalized spacial score (nSPS) is 10.2. The highest BCUT2D eigenvalue weighted by Gasteiger charge is 2.08. The van der Waals surface area contributed by atoms with Crippen LogP contribution in [0.2, 0.25) is 0 Å². The summed E-state index contributed by atoms with van der Waals surface area (Å²) in [7, 11) is 0. The van der Waals surface area contributed by atoms with Crippen LogP contribution < -0.4 is 0 Å². The highest BCUT2D eigenvalue weighted by molar-refractivity contribution is 9.10. The topological polar surface area (TPSA) is 23.8 Å². The Hall–Kier alpha value is -0.850. The third-order valence-electron chi connectivity index (χ3n) is 1.94. The van der Waals surface area contributed by atoms with Gasteiger partial charge in [0.2, 0.25) is 0 Å². The molecule has 1 aromatic carbocycles. The van der Waals surface area contributed by atoms with E-state index in [-0.39, 0.29) is 0 Å². The molecular weight excluding hydrogens is 246 g/mol. The number of hydrogen-bond donors (Lipinski definition) is 0. The molecule has 2 rings (SSSR count). The molecule has 0 aliphatic heterocycles. The van der Waals surface area contributed by atoms with E-state index in [2.05, 4.69) is 28.9 Å². The smallest absolute Gasteiger partial charge is 0.101 e. The molecule has 3 heteroatoms. The highest BCUT2D eigenvalue weighted by atomic mass is 79.9. The number of nitriles is 1. The Kier molecular flexibility index (Phi) is 2.10. The zero-order valence-corrected chi connectivity index (χ0v) is 9.37. The van der Waals surface area contributed by atoms with Gasteiger partial charge in [-0.15, -0.1) is 11.3 Å². The second-order valence-corrected chi connectivity index (χ2v) is 4.78. The predicted molar refractivity (Wildman–Crippen MR) is 59.0 cm³/mol. The van der Waals surface area contributed by atoms with E-state index in [4.69, 9.17) is 5.26 Å².